The van der Waals surface area contributed by atoms with E-state index in [9.17, 15) is 4.79 Å². The van der Waals surface area contributed by atoms with E-state index >= 15 is 0 Å². The molecule has 0 spiro atoms. The number of nitrogens with zero attached hydrogens (tertiary/aromatic N) is 1. The molecule has 0 aliphatic heterocycles. The molecule has 4 heteroatoms. The second-order valence-electron chi connectivity index (χ2n) is 4.36. The van der Waals surface area contributed by atoms with E-state index in [0.717, 1.165) is 25.2 Å². The summed E-state index contributed by atoms with van der Waals surface area (Å²) in [5.74, 6) is -0.0281. The maximum atomic E-state index is 12.0. The predicted octanol–water partition coefficient (Wildman–Crippen LogP) is 1.65. The molecule has 0 aliphatic rings. The minimum absolute atomic E-state index is 0.0281. The summed E-state index contributed by atoms with van der Waals surface area (Å²) in [5, 5.41) is 2.94. The lowest BCUT2D eigenvalue weighted by Gasteiger charge is -2.18. The lowest BCUT2D eigenvalue weighted by atomic mass is 10.1. The fraction of sp³-hybridized carbons (Fsp3) is 0.500. The summed E-state index contributed by atoms with van der Waals surface area (Å²) in [6.07, 6.45) is 0. The molecule has 0 radical (unpaired) electrons. The van der Waals surface area contributed by atoms with E-state index in [4.69, 9.17) is 5.73 Å². The number of anilines is 1. The number of amides is 1. The van der Waals surface area contributed by atoms with Crippen LogP contribution in [-0.4, -0.2) is 37.0 Å². The molecule has 1 aromatic carbocycles. The van der Waals surface area contributed by atoms with Gasteiger partial charge in [-0.15, -0.1) is 0 Å². The molecule has 0 fully saturated rings. The summed E-state index contributed by atoms with van der Waals surface area (Å²) in [4.78, 5) is 14.2. The van der Waals surface area contributed by atoms with Crippen LogP contribution in [-0.2, 0) is 0 Å². The maximum Gasteiger partial charge on any atom is 0.251 e. The van der Waals surface area contributed by atoms with Crippen molar-refractivity contribution in [1.82, 2.24) is 10.2 Å². The summed E-state index contributed by atoms with van der Waals surface area (Å²) >= 11 is 0. The number of nitrogen functional groups attached to an aromatic ring is 1. The van der Waals surface area contributed by atoms with Crippen LogP contribution in [0.3, 0.4) is 0 Å². The fourth-order valence-electron chi connectivity index (χ4n) is 1.90. The monoisotopic (exact) mass is 249 g/mol. The van der Waals surface area contributed by atoms with Gasteiger partial charge in [-0.05, 0) is 43.8 Å². The summed E-state index contributed by atoms with van der Waals surface area (Å²) < 4.78 is 0. The van der Waals surface area contributed by atoms with E-state index in [2.05, 4.69) is 24.1 Å². The Morgan fingerprint density at radius 2 is 2.00 bits per heavy atom. The zero-order valence-electron chi connectivity index (χ0n) is 11.5. The normalized spacial score (nSPS) is 10.7. The smallest absolute Gasteiger partial charge is 0.251 e. The van der Waals surface area contributed by atoms with Gasteiger partial charge in [0, 0.05) is 24.3 Å². The first-order valence-corrected chi connectivity index (χ1v) is 6.45. The second-order valence-corrected chi connectivity index (χ2v) is 4.36. The zero-order valence-corrected chi connectivity index (χ0v) is 11.5. The number of nitrogens with two attached hydrogens (primary N) is 1. The van der Waals surface area contributed by atoms with Gasteiger partial charge in [0.25, 0.3) is 5.91 Å². The topological polar surface area (TPSA) is 58.4 Å². The highest BCUT2D eigenvalue weighted by Crippen LogP contribution is 2.12. The largest absolute Gasteiger partial charge is 0.399 e. The predicted molar refractivity (Wildman–Crippen MR) is 75.7 cm³/mol. The molecule has 0 saturated heterocycles. The van der Waals surface area contributed by atoms with Gasteiger partial charge >= 0.3 is 0 Å². The van der Waals surface area contributed by atoms with E-state index in [-0.39, 0.29) is 5.91 Å². The average Bonchev–Trinajstić information content (AvgIpc) is 2.34. The Morgan fingerprint density at radius 1 is 1.33 bits per heavy atom. The molecule has 0 heterocycles. The first-order valence-electron chi connectivity index (χ1n) is 6.45. The third-order valence-electron chi connectivity index (χ3n) is 3.10. The van der Waals surface area contributed by atoms with Crippen LogP contribution in [0, 0.1) is 6.92 Å². The number of aryl methyl sites for hydroxylation is 1. The Morgan fingerprint density at radius 3 is 2.56 bits per heavy atom. The van der Waals surface area contributed by atoms with Gasteiger partial charge in [-0.3, -0.25) is 4.79 Å². The Balaban J connectivity index is 2.50. The van der Waals surface area contributed by atoms with Crippen LogP contribution in [0.1, 0.15) is 29.8 Å². The van der Waals surface area contributed by atoms with Crippen molar-refractivity contribution in [3.05, 3.63) is 29.3 Å². The first-order chi connectivity index (χ1) is 8.58. The summed E-state index contributed by atoms with van der Waals surface area (Å²) in [6.45, 7) is 9.71. The lowest BCUT2D eigenvalue weighted by Crippen LogP contribution is -2.35. The molecule has 0 atom stereocenters. The first kappa shape index (κ1) is 14.5. The van der Waals surface area contributed by atoms with Crippen LogP contribution in [0.25, 0.3) is 0 Å². The minimum atomic E-state index is -0.0281. The number of rotatable bonds is 6. The number of carbonyl (C=O) groups excluding carboxylic acids is 1. The zero-order chi connectivity index (χ0) is 13.5. The summed E-state index contributed by atoms with van der Waals surface area (Å²) in [6, 6.07) is 5.35. The van der Waals surface area contributed by atoms with Crippen LogP contribution in [0.5, 0.6) is 0 Å². The SMILES string of the molecule is CCN(CC)CCNC(=O)c1ccc(N)cc1C. The van der Waals surface area contributed by atoms with E-state index in [1.54, 1.807) is 12.1 Å². The molecule has 100 valence electrons. The number of nitrogens with one attached hydrogen (secondary N) is 1. The molecule has 3 N–H and O–H groups in total. The van der Waals surface area contributed by atoms with Gasteiger partial charge in [-0.25, -0.2) is 0 Å². The highest BCUT2D eigenvalue weighted by molar-refractivity contribution is 5.95. The average molecular weight is 249 g/mol. The molecule has 1 rings (SSSR count). The maximum absolute atomic E-state index is 12.0. The molecule has 1 amide bonds. The van der Waals surface area contributed by atoms with Crippen molar-refractivity contribution in [3.8, 4) is 0 Å². The Hall–Kier alpha value is -1.55. The van der Waals surface area contributed by atoms with Crippen molar-refractivity contribution in [2.24, 2.45) is 0 Å². The molecule has 0 aromatic heterocycles. The molecule has 4 nitrogen and oxygen atoms in total. The molecular weight excluding hydrogens is 226 g/mol. The third-order valence-corrected chi connectivity index (χ3v) is 3.10. The number of hydrogen-bond acceptors (Lipinski definition) is 3. The minimum Gasteiger partial charge on any atom is -0.399 e. The van der Waals surface area contributed by atoms with E-state index < -0.39 is 0 Å². The van der Waals surface area contributed by atoms with Crippen LogP contribution >= 0.6 is 0 Å². The van der Waals surface area contributed by atoms with Crippen molar-refractivity contribution in [1.29, 1.82) is 0 Å². The van der Waals surface area contributed by atoms with Crippen molar-refractivity contribution in [2.45, 2.75) is 20.8 Å². The van der Waals surface area contributed by atoms with Gasteiger partial charge in [0.05, 0.1) is 0 Å². The van der Waals surface area contributed by atoms with Crippen molar-refractivity contribution >= 4 is 11.6 Å². The molecule has 0 unspecified atom stereocenters. The highest BCUT2D eigenvalue weighted by Gasteiger charge is 2.08. The van der Waals surface area contributed by atoms with Crippen LogP contribution in [0.2, 0.25) is 0 Å². The van der Waals surface area contributed by atoms with Crippen LogP contribution < -0.4 is 11.1 Å². The van der Waals surface area contributed by atoms with Crippen LogP contribution in [0.15, 0.2) is 18.2 Å². The van der Waals surface area contributed by atoms with E-state index in [1.807, 2.05) is 13.0 Å². The molecule has 0 saturated carbocycles. The van der Waals surface area contributed by atoms with Gasteiger partial charge in [-0.1, -0.05) is 13.8 Å². The quantitative estimate of drug-likeness (QED) is 0.754. The van der Waals surface area contributed by atoms with Crippen molar-refractivity contribution in [3.63, 3.8) is 0 Å². The molecular formula is C14H23N3O. The highest BCUT2D eigenvalue weighted by atomic mass is 16.1. The summed E-state index contributed by atoms with van der Waals surface area (Å²) in [7, 11) is 0. The van der Waals surface area contributed by atoms with Gasteiger partial charge in [0.15, 0.2) is 0 Å². The standard InChI is InChI=1S/C14H23N3O/c1-4-17(5-2)9-8-16-14(18)13-7-6-12(15)10-11(13)3/h6-7,10H,4-5,8-9,15H2,1-3H3,(H,16,18). The molecule has 18 heavy (non-hydrogen) atoms. The van der Waals surface area contributed by atoms with Crippen molar-refractivity contribution < 1.29 is 4.79 Å². The Bertz CT molecular complexity index is 400. The number of carbonyl (C=O) groups is 1. The van der Waals surface area contributed by atoms with E-state index in [1.165, 1.54) is 0 Å². The van der Waals surface area contributed by atoms with E-state index in [0.29, 0.717) is 17.8 Å². The number of benzene rings is 1. The number of hydrogen-bond donors (Lipinski definition) is 2. The Labute approximate surface area is 109 Å². The van der Waals surface area contributed by atoms with Gasteiger partial charge in [0.1, 0.15) is 0 Å². The third kappa shape index (κ3) is 4.04. The summed E-state index contributed by atoms with van der Waals surface area (Å²) in [5.41, 5.74) is 7.96. The molecule has 0 bridgehead atoms. The van der Waals surface area contributed by atoms with Gasteiger partial charge in [0.2, 0.25) is 0 Å². The van der Waals surface area contributed by atoms with Crippen LogP contribution in [0.4, 0.5) is 5.69 Å². The Kier molecular flexibility index (Phi) is 5.65. The molecule has 1 aromatic rings. The molecule has 0 aliphatic carbocycles. The van der Waals surface area contributed by atoms with Crippen molar-refractivity contribution in [2.75, 3.05) is 31.9 Å². The second kappa shape index (κ2) is 7.01. The lowest BCUT2D eigenvalue weighted by molar-refractivity contribution is 0.0948. The van der Waals surface area contributed by atoms with Gasteiger partial charge in [-0.2, -0.15) is 0 Å². The fourth-order valence-corrected chi connectivity index (χ4v) is 1.90. The number of likely N-dealkylation sites (N-methyl/N-ethyl adjacent to an activating group) is 1. The van der Waals surface area contributed by atoms with Gasteiger partial charge < -0.3 is 16.0 Å².